The molecule has 0 aliphatic heterocycles. The first-order chi connectivity index (χ1) is 15.7. The second-order valence-corrected chi connectivity index (χ2v) is 10.5. The van der Waals surface area contributed by atoms with Crippen LogP contribution < -0.4 is 14.4 Å². The van der Waals surface area contributed by atoms with Gasteiger partial charge in [-0.05, 0) is 42.7 Å². The molecule has 0 heterocycles. The third-order valence-electron chi connectivity index (χ3n) is 6.15. The lowest BCUT2D eigenvalue weighted by atomic mass is 9.71. The molecule has 0 bridgehead atoms. The highest BCUT2D eigenvalue weighted by Crippen LogP contribution is 2.44. The summed E-state index contributed by atoms with van der Waals surface area (Å²) in [6.45, 7) is 4.16. The number of sulfonamides is 1. The molecule has 0 radical (unpaired) electrons. The van der Waals surface area contributed by atoms with E-state index in [1.807, 2.05) is 37.2 Å². The molecular weight excluding hydrogens is 436 g/mol. The highest BCUT2D eigenvalue weighted by Gasteiger charge is 2.41. The molecule has 0 saturated heterocycles. The Bertz CT molecular complexity index is 983. The minimum Gasteiger partial charge on any atom is -0.495 e. The summed E-state index contributed by atoms with van der Waals surface area (Å²) in [6.07, 6.45) is 5.72. The van der Waals surface area contributed by atoms with Gasteiger partial charge in [0.1, 0.15) is 12.0 Å². The van der Waals surface area contributed by atoms with E-state index in [-0.39, 0.29) is 4.90 Å². The molecule has 2 rings (SSSR count). The monoisotopic (exact) mass is 474 g/mol. The predicted octanol–water partition coefficient (Wildman–Crippen LogP) is 5.35. The number of nitrogens with zero attached hydrogens (tertiary/aromatic N) is 1. The van der Waals surface area contributed by atoms with E-state index in [0.717, 1.165) is 43.2 Å². The van der Waals surface area contributed by atoms with Crippen molar-refractivity contribution < 1.29 is 17.9 Å². The van der Waals surface area contributed by atoms with Gasteiger partial charge in [-0.2, -0.15) is 0 Å². The number of aldehydes is 1. The summed E-state index contributed by atoms with van der Waals surface area (Å²) in [5.74, 6) is 0.687. The van der Waals surface area contributed by atoms with Crippen LogP contribution in [-0.4, -0.2) is 35.9 Å². The molecule has 7 heteroatoms. The minimum absolute atomic E-state index is 0.183. The van der Waals surface area contributed by atoms with Crippen molar-refractivity contribution in [2.24, 2.45) is 5.41 Å². The SMILES string of the molecule is CCCCC(C=O)(CCCC)C(NS(=O)(=O)c1ccccc1)c1ccc(OC)c(N(C)C)c1. The average Bonchev–Trinajstić information content (AvgIpc) is 2.83. The zero-order valence-corrected chi connectivity index (χ0v) is 21.3. The van der Waals surface area contributed by atoms with Crippen molar-refractivity contribution in [3.63, 3.8) is 0 Å². The zero-order valence-electron chi connectivity index (χ0n) is 20.5. The van der Waals surface area contributed by atoms with Gasteiger partial charge in [-0.1, -0.05) is 63.8 Å². The van der Waals surface area contributed by atoms with Gasteiger partial charge in [0.25, 0.3) is 0 Å². The molecule has 1 atom stereocenters. The standard InChI is InChI=1S/C26H38N2O4S/c1-6-8-17-26(20-29,18-9-7-2)25(27-33(30,31)22-13-11-10-12-14-22)21-15-16-24(32-5)23(19-21)28(3)4/h10-16,19-20,25,27H,6-9,17-18H2,1-5H3. The molecular formula is C26H38N2O4S. The smallest absolute Gasteiger partial charge is 0.241 e. The second kappa shape index (κ2) is 12.2. The first kappa shape index (κ1) is 26.9. The summed E-state index contributed by atoms with van der Waals surface area (Å²) in [7, 11) is 1.57. The molecule has 33 heavy (non-hydrogen) atoms. The van der Waals surface area contributed by atoms with Crippen LogP contribution in [-0.2, 0) is 14.8 Å². The summed E-state index contributed by atoms with van der Waals surface area (Å²) in [4.78, 5) is 14.9. The fourth-order valence-electron chi connectivity index (χ4n) is 4.19. The van der Waals surface area contributed by atoms with Crippen LogP contribution in [0.3, 0.4) is 0 Å². The third kappa shape index (κ3) is 6.58. The number of hydrogen-bond donors (Lipinski definition) is 1. The molecule has 2 aromatic carbocycles. The molecule has 0 spiro atoms. The van der Waals surface area contributed by atoms with E-state index in [1.165, 1.54) is 0 Å². The summed E-state index contributed by atoms with van der Waals surface area (Å²) in [5.41, 5.74) is 0.717. The number of benzene rings is 2. The molecule has 182 valence electrons. The van der Waals surface area contributed by atoms with Crippen LogP contribution in [0.15, 0.2) is 53.4 Å². The maximum atomic E-state index is 13.4. The molecule has 1 N–H and O–H groups in total. The lowest BCUT2D eigenvalue weighted by Crippen LogP contribution is -2.42. The normalized spacial score (nSPS) is 12.9. The van der Waals surface area contributed by atoms with Crippen molar-refractivity contribution in [2.45, 2.75) is 63.3 Å². The van der Waals surface area contributed by atoms with E-state index in [1.54, 1.807) is 37.4 Å². The largest absolute Gasteiger partial charge is 0.495 e. The van der Waals surface area contributed by atoms with Crippen LogP contribution in [0.25, 0.3) is 0 Å². The second-order valence-electron chi connectivity index (χ2n) is 8.75. The zero-order chi connectivity index (χ0) is 24.5. The number of hydrogen-bond acceptors (Lipinski definition) is 5. The summed E-state index contributed by atoms with van der Waals surface area (Å²) >= 11 is 0. The topological polar surface area (TPSA) is 75.7 Å². The summed E-state index contributed by atoms with van der Waals surface area (Å²) < 4.78 is 35.2. The van der Waals surface area contributed by atoms with Crippen LogP contribution >= 0.6 is 0 Å². The van der Waals surface area contributed by atoms with Crippen LogP contribution in [0.1, 0.15) is 64.0 Å². The van der Waals surface area contributed by atoms with Gasteiger partial charge in [-0.25, -0.2) is 13.1 Å². The Morgan fingerprint density at radius 3 is 2.12 bits per heavy atom. The summed E-state index contributed by atoms with van der Waals surface area (Å²) in [6, 6.07) is 13.2. The number of carbonyl (C=O) groups excluding carboxylic acids is 1. The Kier molecular flexibility index (Phi) is 9.92. The van der Waals surface area contributed by atoms with E-state index >= 15 is 0 Å². The van der Waals surface area contributed by atoms with Gasteiger partial charge in [-0.3, -0.25) is 0 Å². The number of anilines is 1. The number of carbonyl (C=O) groups is 1. The van der Waals surface area contributed by atoms with Gasteiger partial charge in [-0.15, -0.1) is 0 Å². The fraction of sp³-hybridized carbons (Fsp3) is 0.500. The lowest BCUT2D eigenvalue weighted by molar-refractivity contribution is -0.118. The first-order valence-electron chi connectivity index (χ1n) is 11.6. The van der Waals surface area contributed by atoms with Gasteiger partial charge >= 0.3 is 0 Å². The van der Waals surface area contributed by atoms with Crippen molar-refractivity contribution in [1.29, 1.82) is 0 Å². The Hall–Kier alpha value is -2.38. The van der Waals surface area contributed by atoms with E-state index in [9.17, 15) is 13.2 Å². The molecule has 0 aliphatic carbocycles. The fourth-order valence-corrected chi connectivity index (χ4v) is 5.52. The van der Waals surface area contributed by atoms with Crippen LogP contribution in [0.5, 0.6) is 5.75 Å². The Morgan fingerprint density at radius 1 is 1.03 bits per heavy atom. The van der Waals surface area contributed by atoms with Crippen molar-refractivity contribution >= 4 is 22.0 Å². The number of rotatable bonds is 14. The number of ether oxygens (including phenoxy) is 1. The lowest BCUT2D eigenvalue weighted by Gasteiger charge is -2.38. The van der Waals surface area contributed by atoms with Crippen LogP contribution in [0.2, 0.25) is 0 Å². The van der Waals surface area contributed by atoms with E-state index < -0.39 is 21.5 Å². The van der Waals surface area contributed by atoms with Crippen molar-refractivity contribution in [3.8, 4) is 5.75 Å². The number of methoxy groups -OCH3 is 1. The number of unbranched alkanes of at least 4 members (excludes halogenated alkanes) is 2. The van der Waals surface area contributed by atoms with Gasteiger partial charge in [0, 0.05) is 19.5 Å². The molecule has 0 fully saturated rings. The Morgan fingerprint density at radius 2 is 1.64 bits per heavy atom. The molecule has 1 unspecified atom stereocenters. The quantitative estimate of drug-likeness (QED) is 0.374. The molecule has 2 aromatic rings. The maximum Gasteiger partial charge on any atom is 0.241 e. The van der Waals surface area contributed by atoms with Crippen LogP contribution in [0, 0.1) is 5.41 Å². The highest BCUT2D eigenvalue weighted by molar-refractivity contribution is 7.89. The molecule has 0 saturated carbocycles. The van der Waals surface area contributed by atoms with Crippen LogP contribution in [0.4, 0.5) is 5.69 Å². The maximum absolute atomic E-state index is 13.4. The van der Waals surface area contributed by atoms with Gasteiger partial charge in [0.2, 0.25) is 10.0 Å². The van der Waals surface area contributed by atoms with Gasteiger partial charge < -0.3 is 14.4 Å². The summed E-state index contributed by atoms with van der Waals surface area (Å²) in [5, 5.41) is 0. The predicted molar refractivity (Wildman–Crippen MR) is 134 cm³/mol. The molecule has 0 amide bonds. The Balaban J connectivity index is 2.69. The Labute approximate surface area is 199 Å². The van der Waals surface area contributed by atoms with Crippen molar-refractivity contribution in [1.82, 2.24) is 4.72 Å². The molecule has 0 aromatic heterocycles. The highest BCUT2D eigenvalue weighted by atomic mass is 32.2. The molecule has 6 nitrogen and oxygen atoms in total. The average molecular weight is 475 g/mol. The van der Waals surface area contributed by atoms with E-state index in [4.69, 9.17) is 4.74 Å². The van der Waals surface area contributed by atoms with Crippen molar-refractivity contribution in [2.75, 3.05) is 26.1 Å². The van der Waals surface area contributed by atoms with Gasteiger partial charge in [0.15, 0.2) is 0 Å². The number of nitrogens with one attached hydrogen (secondary N) is 1. The van der Waals surface area contributed by atoms with E-state index in [0.29, 0.717) is 18.6 Å². The van der Waals surface area contributed by atoms with Crippen molar-refractivity contribution in [3.05, 3.63) is 54.1 Å². The minimum atomic E-state index is -3.85. The van der Waals surface area contributed by atoms with Gasteiger partial charge in [0.05, 0.1) is 23.7 Å². The third-order valence-corrected chi connectivity index (χ3v) is 7.58. The first-order valence-corrected chi connectivity index (χ1v) is 13.1. The molecule has 0 aliphatic rings. The van der Waals surface area contributed by atoms with E-state index in [2.05, 4.69) is 18.6 Å².